The van der Waals surface area contributed by atoms with E-state index in [0.717, 1.165) is 10.4 Å². The Hall–Kier alpha value is -4.70. The van der Waals surface area contributed by atoms with Crippen molar-refractivity contribution in [2.24, 2.45) is 0 Å². The first-order valence-corrected chi connectivity index (χ1v) is 12.7. The number of carbonyl (C=O) groups is 1. The fourth-order valence-corrected chi connectivity index (χ4v) is 4.69. The molecule has 1 amide bonds. The fraction of sp³-hybridized carbons (Fsp3) is 0.143. The highest BCUT2D eigenvalue weighted by atomic mass is 32.1. The van der Waals surface area contributed by atoms with Gasteiger partial charge < -0.3 is 14.8 Å². The van der Waals surface area contributed by atoms with Crippen LogP contribution in [0.25, 0.3) is 16.5 Å². The van der Waals surface area contributed by atoms with Gasteiger partial charge >= 0.3 is 0 Å². The number of aryl methyl sites for hydroxylation is 1. The molecule has 0 saturated carbocycles. The Kier molecular flexibility index (Phi) is 7.05. The van der Waals surface area contributed by atoms with Gasteiger partial charge in [-0.1, -0.05) is 36.4 Å². The SMILES string of the molecule is COc1cc(OC)cc(C(=O)Nc2cc(-c3cccs3)nn2-c2nc(C)c(Cc3ccccc3)c(=O)[nH]2)c1. The quantitative estimate of drug-likeness (QED) is 0.298. The first-order chi connectivity index (χ1) is 18.4. The highest BCUT2D eigenvalue weighted by Gasteiger charge is 2.19. The molecule has 0 saturated heterocycles. The molecule has 0 aliphatic carbocycles. The number of H-pyrrole nitrogens is 1. The van der Waals surface area contributed by atoms with Crippen LogP contribution in [0.5, 0.6) is 11.5 Å². The number of aromatic amines is 1. The molecule has 0 fully saturated rings. The number of hydrogen-bond acceptors (Lipinski definition) is 7. The summed E-state index contributed by atoms with van der Waals surface area (Å²) >= 11 is 1.51. The van der Waals surface area contributed by atoms with Crippen LogP contribution in [0.3, 0.4) is 0 Å². The van der Waals surface area contributed by atoms with Crippen LogP contribution in [-0.2, 0) is 6.42 Å². The van der Waals surface area contributed by atoms with Crippen LogP contribution in [0.15, 0.2) is 76.9 Å². The van der Waals surface area contributed by atoms with Crippen LogP contribution >= 0.6 is 11.3 Å². The number of ether oxygens (including phenoxy) is 2. The number of benzene rings is 2. The van der Waals surface area contributed by atoms with Gasteiger partial charge in [0.25, 0.3) is 11.5 Å². The van der Waals surface area contributed by atoms with Crippen LogP contribution in [0.2, 0.25) is 0 Å². The van der Waals surface area contributed by atoms with E-state index >= 15 is 0 Å². The maximum atomic E-state index is 13.3. The monoisotopic (exact) mass is 527 g/mol. The van der Waals surface area contributed by atoms with E-state index in [2.05, 4.69) is 20.4 Å². The third-order valence-corrected chi connectivity index (χ3v) is 6.86. The van der Waals surface area contributed by atoms with Gasteiger partial charge in [0.15, 0.2) is 0 Å². The van der Waals surface area contributed by atoms with Crippen LogP contribution in [0.1, 0.15) is 27.2 Å². The molecule has 0 atom stereocenters. The molecule has 0 aliphatic heterocycles. The number of hydrogen-bond donors (Lipinski definition) is 2. The van der Waals surface area contributed by atoms with Gasteiger partial charge in [-0.3, -0.25) is 14.6 Å². The van der Waals surface area contributed by atoms with E-state index in [1.165, 1.54) is 30.2 Å². The number of carbonyl (C=O) groups excluding carboxylic acids is 1. The van der Waals surface area contributed by atoms with Gasteiger partial charge in [-0.25, -0.2) is 4.98 Å². The van der Waals surface area contributed by atoms with Crippen molar-refractivity contribution in [3.05, 3.63) is 105 Å². The minimum atomic E-state index is -0.402. The molecular formula is C28H25N5O4S. The van der Waals surface area contributed by atoms with E-state index in [4.69, 9.17) is 9.47 Å². The summed E-state index contributed by atoms with van der Waals surface area (Å²) < 4.78 is 12.0. The Morgan fingerprint density at radius 1 is 1.03 bits per heavy atom. The second-order valence-corrected chi connectivity index (χ2v) is 9.42. The topological polar surface area (TPSA) is 111 Å². The van der Waals surface area contributed by atoms with Crippen molar-refractivity contribution in [2.75, 3.05) is 19.5 Å². The number of anilines is 1. The number of nitrogens with zero attached hydrogens (tertiary/aromatic N) is 3. The Morgan fingerprint density at radius 2 is 1.76 bits per heavy atom. The first-order valence-electron chi connectivity index (χ1n) is 11.8. The van der Waals surface area contributed by atoms with Gasteiger partial charge in [0.1, 0.15) is 23.0 Å². The summed E-state index contributed by atoms with van der Waals surface area (Å²) in [6.07, 6.45) is 0.454. The van der Waals surface area contributed by atoms with Crippen molar-refractivity contribution in [3.8, 4) is 28.0 Å². The van der Waals surface area contributed by atoms with Gasteiger partial charge in [0.05, 0.1) is 24.8 Å². The average molecular weight is 528 g/mol. The lowest BCUT2D eigenvalue weighted by molar-refractivity contribution is 0.102. The number of methoxy groups -OCH3 is 2. The van der Waals surface area contributed by atoms with Crippen molar-refractivity contribution >= 4 is 23.1 Å². The molecule has 3 heterocycles. The zero-order chi connectivity index (χ0) is 26.6. The zero-order valence-corrected chi connectivity index (χ0v) is 21.8. The number of amides is 1. The molecule has 0 bridgehead atoms. The largest absolute Gasteiger partial charge is 0.497 e. The van der Waals surface area contributed by atoms with Crippen molar-refractivity contribution < 1.29 is 14.3 Å². The van der Waals surface area contributed by atoms with E-state index in [0.29, 0.717) is 46.3 Å². The molecule has 0 aliphatic rings. The molecule has 2 aromatic carbocycles. The highest BCUT2D eigenvalue weighted by molar-refractivity contribution is 7.13. The lowest BCUT2D eigenvalue weighted by Gasteiger charge is -2.12. The minimum absolute atomic E-state index is 0.200. The number of rotatable bonds is 8. The molecule has 0 unspecified atom stereocenters. The number of thiophene rings is 1. The number of nitrogens with one attached hydrogen (secondary N) is 2. The summed E-state index contributed by atoms with van der Waals surface area (Å²) in [6.45, 7) is 1.79. The molecule has 2 N–H and O–H groups in total. The second-order valence-electron chi connectivity index (χ2n) is 8.48. The molecule has 0 spiro atoms. The zero-order valence-electron chi connectivity index (χ0n) is 21.0. The van der Waals surface area contributed by atoms with E-state index in [1.807, 2.05) is 47.8 Å². The highest BCUT2D eigenvalue weighted by Crippen LogP contribution is 2.28. The maximum Gasteiger partial charge on any atom is 0.257 e. The molecule has 38 heavy (non-hydrogen) atoms. The maximum absolute atomic E-state index is 13.3. The predicted octanol–water partition coefficient (Wildman–Crippen LogP) is 4.85. The molecule has 5 aromatic rings. The van der Waals surface area contributed by atoms with Gasteiger partial charge in [0, 0.05) is 29.7 Å². The van der Waals surface area contributed by atoms with Crippen molar-refractivity contribution in [3.63, 3.8) is 0 Å². The second kappa shape index (κ2) is 10.7. The standard InChI is InChI=1S/C28H25N5O4S/c1-17-22(12-18-8-5-4-6-9-18)27(35)31-28(29-17)33-25(16-23(32-33)24-10-7-11-38-24)30-26(34)19-13-20(36-2)15-21(14-19)37-3/h4-11,13-16H,12H2,1-3H3,(H,30,34)(H,29,31,35). The fourth-order valence-electron chi connectivity index (χ4n) is 4.01. The van der Waals surface area contributed by atoms with Gasteiger partial charge in [-0.2, -0.15) is 9.78 Å². The van der Waals surface area contributed by atoms with E-state index in [-0.39, 0.29) is 11.5 Å². The van der Waals surface area contributed by atoms with Crippen LogP contribution < -0.4 is 20.3 Å². The smallest absolute Gasteiger partial charge is 0.257 e. The van der Waals surface area contributed by atoms with Crippen molar-refractivity contribution in [1.82, 2.24) is 19.7 Å². The van der Waals surface area contributed by atoms with Gasteiger partial charge in [-0.05, 0) is 36.1 Å². The Bertz CT molecular complexity index is 1620. The molecule has 9 nitrogen and oxygen atoms in total. The van der Waals surface area contributed by atoms with Crippen molar-refractivity contribution in [2.45, 2.75) is 13.3 Å². The van der Waals surface area contributed by atoms with Crippen LogP contribution in [-0.4, -0.2) is 39.9 Å². The molecule has 192 valence electrons. The summed E-state index contributed by atoms with van der Waals surface area (Å²) in [4.78, 5) is 34.8. The van der Waals surface area contributed by atoms with Crippen LogP contribution in [0.4, 0.5) is 5.82 Å². The van der Waals surface area contributed by atoms with Crippen molar-refractivity contribution in [1.29, 1.82) is 0 Å². The summed E-state index contributed by atoms with van der Waals surface area (Å²) in [5.74, 6) is 1.11. The predicted molar refractivity (Wildman–Crippen MR) is 147 cm³/mol. The number of aromatic nitrogens is 4. The summed E-state index contributed by atoms with van der Waals surface area (Å²) in [5.41, 5.74) is 2.86. The molecule has 10 heteroatoms. The Morgan fingerprint density at radius 3 is 2.39 bits per heavy atom. The third-order valence-electron chi connectivity index (χ3n) is 5.97. The molecular weight excluding hydrogens is 502 g/mol. The normalized spacial score (nSPS) is 10.8. The Balaban J connectivity index is 1.54. The Labute approximate surface area is 222 Å². The lowest BCUT2D eigenvalue weighted by atomic mass is 10.1. The van der Waals surface area contributed by atoms with Gasteiger partial charge in [0.2, 0.25) is 5.95 Å². The summed E-state index contributed by atoms with van der Waals surface area (Å²) in [5, 5.41) is 9.50. The molecule has 3 aromatic heterocycles. The van der Waals surface area contributed by atoms with Crippen LogP contribution in [0, 0.1) is 6.92 Å². The van der Waals surface area contributed by atoms with E-state index in [9.17, 15) is 9.59 Å². The molecule has 0 radical (unpaired) electrons. The summed E-state index contributed by atoms with van der Waals surface area (Å²) in [7, 11) is 3.04. The lowest BCUT2D eigenvalue weighted by Crippen LogP contribution is -2.22. The molecule has 5 rings (SSSR count). The third kappa shape index (κ3) is 5.21. The van der Waals surface area contributed by atoms with Gasteiger partial charge in [-0.15, -0.1) is 11.3 Å². The van der Waals surface area contributed by atoms with E-state index < -0.39 is 5.91 Å². The average Bonchev–Trinajstić information content (AvgIpc) is 3.61. The summed E-state index contributed by atoms with van der Waals surface area (Å²) in [6, 6.07) is 20.2. The van der Waals surface area contributed by atoms with E-state index in [1.54, 1.807) is 31.2 Å². The minimum Gasteiger partial charge on any atom is -0.497 e. The first kappa shape index (κ1) is 25.0.